The summed E-state index contributed by atoms with van der Waals surface area (Å²) in [5, 5.41) is 5.52. The molecule has 1 fully saturated rings. The van der Waals surface area contributed by atoms with Gasteiger partial charge in [0.1, 0.15) is 5.82 Å². The van der Waals surface area contributed by atoms with E-state index in [1.54, 1.807) is 0 Å². The van der Waals surface area contributed by atoms with Crippen LogP contribution in [0, 0.1) is 0 Å². The van der Waals surface area contributed by atoms with Crippen molar-refractivity contribution in [3.8, 4) is 11.3 Å². The molecule has 2 aliphatic heterocycles. The monoisotopic (exact) mass is 360 g/mol. The Hall–Kier alpha value is -2.53. The number of hydrogen-bond donors (Lipinski definition) is 1. The number of nitrogens with zero attached hydrogens (tertiary/aromatic N) is 3. The number of carbonyl (C=O) groups excluding carboxylic acids is 1. The lowest BCUT2D eigenvalue weighted by molar-refractivity contribution is -0.120. The third kappa shape index (κ3) is 3.16. The molecule has 0 unspecified atom stereocenters. The number of rotatable bonds is 4. The number of Topliss-reactive ketones (excluding diaryl/α,β-unsaturated/α-hetero) is 1. The van der Waals surface area contributed by atoms with Crippen molar-refractivity contribution in [3.63, 3.8) is 0 Å². The fourth-order valence-electron chi connectivity index (χ4n) is 4.35. The van der Waals surface area contributed by atoms with Crippen molar-refractivity contribution < 1.29 is 4.79 Å². The van der Waals surface area contributed by atoms with E-state index in [0.717, 1.165) is 48.8 Å². The minimum Gasteiger partial charge on any atom is -0.328 e. The lowest BCUT2D eigenvalue weighted by Crippen LogP contribution is -2.32. The summed E-state index contributed by atoms with van der Waals surface area (Å²) in [6.07, 6.45) is 9.83. The quantitative estimate of drug-likeness (QED) is 0.776. The van der Waals surface area contributed by atoms with Crippen LogP contribution in [-0.2, 0) is 24.2 Å². The molecule has 0 aliphatic carbocycles. The molecular formula is C22H24N4O. The lowest BCUT2D eigenvalue weighted by Gasteiger charge is -2.16. The fraction of sp³-hybridized carbons (Fsp3) is 0.409. The third-order valence-corrected chi connectivity index (χ3v) is 5.85. The Bertz CT molecular complexity index is 1000. The summed E-state index contributed by atoms with van der Waals surface area (Å²) < 4.78 is 2.35. The average Bonchev–Trinajstić information content (AvgIpc) is 3.37. The van der Waals surface area contributed by atoms with Gasteiger partial charge in [-0.15, -0.1) is 0 Å². The Morgan fingerprint density at radius 2 is 2.07 bits per heavy atom. The van der Waals surface area contributed by atoms with Gasteiger partial charge in [0.05, 0.1) is 24.4 Å². The molecule has 2 aliphatic rings. The molecule has 0 spiro atoms. The summed E-state index contributed by atoms with van der Waals surface area (Å²) in [5.74, 6) is 1.45. The topological polar surface area (TPSA) is 59.8 Å². The molecule has 4 heterocycles. The number of imidazole rings is 1. The highest BCUT2D eigenvalue weighted by molar-refractivity contribution is 5.89. The van der Waals surface area contributed by atoms with Crippen molar-refractivity contribution in [2.75, 3.05) is 6.54 Å². The van der Waals surface area contributed by atoms with E-state index < -0.39 is 0 Å². The van der Waals surface area contributed by atoms with Crippen LogP contribution in [0.4, 0.5) is 0 Å². The van der Waals surface area contributed by atoms with E-state index >= 15 is 0 Å². The number of ketones is 1. The summed E-state index contributed by atoms with van der Waals surface area (Å²) in [6, 6.07) is 8.55. The zero-order chi connectivity index (χ0) is 18.2. The second-order valence-electron chi connectivity index (χ2n) is 7.70. The van der Waals surface area contributed by atoms with Crippen molar-refractivity contribution in [3.05, 3.63) is 48.2 Å². The molecule has 27 heavy (non-hydrogen) atoms. The van der Waals surface area contributed by atoms with Crippen LogP contribution in [0.25, 0.3) is 22.0 Å². The van der Waals surface area contributed by atoms with Crippen LogP contribution in [0.1, 0.15) is 37.2 Å². The maximum Gasteiger partial charge on any atom is 0.155 e. The van der Waals surface area contributed by atoms with Gasteiger partial charge in [-0.1, -0.05) is 12.1 Å². The summed E-state index contributed by atoms with van der Waals surface area (Å²) in [5.41, 5.74) is 3.23. The Labute approximate surface area is 158 Å². The van der Waals surface area contributed by atoms with Crippen LogP contribution < -0.4 is 5.32 Å². The zero-order valence-corrected chi connectivity index (χ0v) is 15.4. The molecule has 3 aromatic rings. The Kier molecular flexibility index (Phi) is 4.24. The fourth-order valence-corrected chi connectivity index (χ4v) is 4.35. The molecule has 1 saturated heterocycles. The highest BCUT2D eigenvalue weighted by Crippen LogP contribution is 2.28. The predicted molar refractivity (Wildman–Crippen MR) is 106 cm³/mol. The van der Waals surface area contributed by atoms with E-state index in [1.165, 1.54) is 29.9 Å². The molecule has 5 nitrogen and oxygen atoms in total. The first-order valence-corrected chi connectivity index (χ1v) is 9.97. The number of aromatic nitrogens is 3. The third-order valence-electron chi connectivity index (χ3n) is 5.85. The summed E-state index contributed by atoms with van der Waals surface area (Å²) >= 11 is 0. The highest BCUT2D eigenvalue weighted by Gasteiger charge is 2.22. The minimum absolute atomic E-state index is 0.00662. The molecule has 138 valence electrons. The Morgan fingerprint density at radius 3 is 2.96 bits per heavy atom. The van der Waals surface area contributed by atoms with E-state index in [-0.39, 0.29) is 11.8 Å². The van der Waals surface area contributed by atoms with E-state index in [1.807, 2.05) is 12.4 Å². The molecular weight excluding hydrogens is 336 g/mol. The van der Waals surface area contributed by atoms with Gasteiger partial charge in [-0.25, -0.2) is 4.98 Å². The molecule has 1 N–H and O–H groups in total. The van der Waals surface area contributed by atoms with Crippen LogP contribution >= 0.6 is 0 Å². The Morgan fingerprint density at radius 1 is 1.11 bits per heavy atom. The number of benzene rings is 1. The molecule has 0 bridgehead atoms. The van der Waals surface area contributed by atoms with Crippen molar-refractivity contribution in [1.82, 2.24) is 19.9 Å². The van der Waals surface area contributed by atoms with Crippen LogP contribution in [0.15, 0.2) is 36.7 Å². The molecule has 0 amide bonds. The summed E-state index contributed by atoms with van der Waals surface area (Å²) in [7, 11) is 0. The minimum atomic E-state index is 0.00662. The first kappa shape index (κ1) is 16.6. The van der Waals surface area contributed by atoms with E-state index in [4.69, 9.17) is 0 Å². The van der Waals surface area contributed by atoms with Gasteiger partial charge in [-0.3, -0.25) is 9.78 Å². The number of fused-ring (bicyclic) bond motifs is 2. The number of hydrogen-bond acceptors (Lipinski definition) is 4. The van der Waals surface area contributed by atoms with Crippen LogP contribution in [0.3, 0.4) is 0 Å². The molecule has 5 rings (SSSR count). The van der Waals surface area contributed by atoms with E-state index in [9.17, 15) is 4.79 Å². The first-order chi connectivity index (χ1) is 13.3. The normalized spacial score (nSPS) is 19.3. The highest BCUT2D eigenvalue weighted by atomic mass is 16.1. The van der Waals surface area contributed by atoms with Crippen LogP contribution in [0.2, 0.25) is 0 Å². The second-order valence-corrected chi connectivity index (χ2v) is 7.70. The summed E-state index contributed by atoms with van der Waals surface area (Å²) in [4.78, 5) is 21.6. The Balaban J connectivity index is 1.46. The van der Waals surface area contributed by atoms with Gasteiger partial charge in [-0.2, -0.15) is 0 Å². The van der Waals surface area contributed by atoms with Gasteiger partial charge in [0.25, 0.3) is 0 Å². The van der Waals surface area contributed by atoms with Gasteiger partial charge >= 0.3 is 0 Å². The van der Waals surface area contributed by atoms with E-state index in [0.29, 0.717) is 6.42 Å². The van der Waals surface area contributed by atoms with Crippen molar-refractivity contribution >= 4 is 16.6 Å². The first-order valence-electron chi connectivity index (χ1n) is 9.97. The van der Waals surface area contributed by atoms with Gasteiger partial charge in [0, 0.05) is 35.8 Å². The second kappa shape index (κ2) is 6.89. The molecule has 0 radical (unpaired) electrons. The van der Waals surface area contributed by atoms with Crippen molar-refractivity contribution in [2.45, 2.75) is 51.1 Å². The SMILES string of the molecule is O=C(Cc1cc2cc(-c3cnc4n3CCCC4)ccc2cn1)[C@H]1CCCN1. The maximum atomic E-state index is 12.5. The maximum absolute atomic E-state index is 12.5. The van der Waals surface area contributed by atoms with Gasteiger partial charge < -0.3 is 9.88 Å². The molecule has 2 aromatic heterocycles. The predicted octanol–water partition coefficient (Wildman–Crippen LogP) is 3.30. The van der Waals surface area contributed by atoms with E-state index in [2.05, 4.69) is 44.1 Å². The van der Waals surface area contributed by atoms with Crippen LogP contribution in [-0.4, -0.2) is 32.9 Å². The van der Waals surface area contributed by atoms with Gasteiger partial charge in [0.2, 0.25) is 0 Å². The van der Waals surface area contributed by atoms with Crippen molar-refractivity contribution in [2.24, 2.45) is 0 Å². The molecule has 1 aromatic carbocycles. The largest absolute Gasteiger partial charge is 0.328 e. The summed E-state index contributed by atoms with van der Waals surface area (Å²) in [6.45, 7) is 1.99. The number of nitrogens with one attached hydrogen (secondary N) is 1. The number of aryl methyl sites for hydroxylation is 1. The average molecular weight is 360 g/mol. The van der Waals surface area contributed by atoms with Gasteiger partial charge in [-0.05, 0) is 49.7 Å². The molecule has 1 atom stereocenters. The standard InChI is InChI=1S/C22H24N4O/c27-21(19-4-3-8-23-19)12-18-11-17-10-15(6-7-16(17)13-24-18)20-14-25-22-5-1-2-9-26(20)22/h6-7,10-11,13-14,19,23H,1-5,8-9,12H2/t19-/m1/s1. The van der Waals surface area contributed by atoms with Crippen molar-refractivity contribution in [1.29, 1.82) is 0 Å². The van der Waals surface area contributed by atoms with Gasteiger partial charge in [0.15, 0.2) is 5.78 Å². The van der Waals surface area contributed by atoms with Crippen LogP contribution in [0.5, 0.6) is 0 Å². The lowest BCUT2D eigenvalue weighted by atomic mass is 10.0. The smallest absolute Gasteiger partial charge is 0.155 e. The zero-order valence-electron chi connectivity index (χ0n) is 15.4. The molecule has 5 heteroatoms. The number of pyridine rings is 1. The molecule has 0 saturated carbocycles. The number of carbonyl (C=O) groups is 1.